The molecule has 0 unspecified atom stereocenters. The van der Waals surface area contributed by atoms with E-state index >= 15 is 0 Å². The van der Waals surface area contributed by atoms with Crippen LogP contribution in [0.2, 0.25) is 0 Å². The number of fused-ring (bicyclic) bond motifs is 1. The normalized spacial score (nSPS) is 20.7. The molecule has 4 nitrogen and oxygen atoms in total. The molecule has 1 fully saturated rings. The fourth-order valence-electron chi connectivity index (χ4n) is 4.38. The quantitative estimate of drug-likeness (QED) is 0.729. The second-order valence-corrected chi connectivity index (χ2v) is 7.96. The minimum absolute atomic E-state index is 0.0249. The minimum Gasteiger partial charge on any atom is -0.396 e. The first kappa shape index (κ1) is 19.0. The standard InChI is InChI=1S/C22H25F2N3O/c1-26-20-6-3-2-5-19(20)25-21(26)13-27-10-4-9-22(14-27,15-28)12-16-7-8-17(23)11-18(16)24/h2-3,5-8,11,28H,4,9-10,12-15H2,1H3/t22-/m1/s1. The summed E-state index contributed by atoms with van der Waals surface area (Å²) < 4.78 is 29.5. The molecule has 0 saturated carbocycles. The summed E-state index contributed by atoms with van der Waals surface area (Å²) >= 11 is 0. The van der Waals surface area contributed by atoms with E-state index < -0.39 is 17.0 Å². The zero-order valence-corrected chi connectivity index (χ0v) is 16.0. The molecule has 1 aromatic heterocycles. The topological polar surface area (TPSA) is 41.3 Å². The fraction of sp³-hybridized carbons (Fsp3) is 0.409. The maximum Gasteiger partial charge on any atom is 0.129 e. The summed E-state index contributed by atoms with van der Waals surface area (Å²) in [4.78, 5) is 7.03. The van der Waals surface area contributed by atoms with Crippen LogP contribution in [0.25, 0.3) is 11.0 Å². The number of benzene rings is 2. The summed E-state index contributed by atoms with van der Waals surface area (Å²) in [6, 6.07) is 11.7. The average molecular weight is 385 g/mol. The molecule has 148 valence electrons. The number of aliphatic hydroxyl groups excluding tert-OH is 1. The molecule has 2 aromatic carbocycles. The molecule has 0 spiro atoms. The Morgan fingerprint density at radius 1 is 1.18 bits per heavy atom. The maximum atomic E-state index is 14.2. The van der Waals surface area contributed by atoms with Crippen LogP contribution in [0.4, 0.5) is 8.78 Å². The van der Waals surface area contributed by atoms with Gasteiger partial charge in [-0.2, -0.15) is 0 Å². The Kier molecular flexibility index (Phi) is 5.17. The van der Waals surface area contributed by atoms with E-state index in [1.54, 1.807) is 0 Å². The van der Waals surface area contributed by atoms with E-state index in [4.69, 9.17) is 4.98 Å². The number of aromatic nitrogens is 2. The van der Waals surface area contributed by atoms with Gasteiger partial charge in [0.1, 0.15) is 17.5 Å². The van der Waals surface area contributed by atoms with Gasteiger partial charge in [-0.3, -0.25) is 4.90 Å². The van der Waals surface area contributed by atoms with Crippen LogP contribution in [-0.4, -0.2) is 39.3 Å². The molecule has 2 heterocycles. The van der Waals surface area contributed by atoms with Crippen molar-refractivity contribution in [2.45, 2.75) is 25.8 Å². The number of aliphatic hydroxyl groups is 1. The number of halogens is 2. The summed E-state index contributed by atoms with van der Waals surface area (Å²) in [5.74, 6) is -0.144. The van der Waals surface area contributed by atoms with E-state index in [9.17, 15) is 13.9 Å². The molecule has 1 aliphatic heterocycles. The first-order valence-electron chi connectivity index (χ1n) is 9.67. The Morgan fingerprint density at radius 3 is 2.75 bits per heavy atom. The van der Waals surface area contributed by atoms with Gasteiger partial charge in [-0.05, 0) is 49.6 Å². The van der Waals surface area contributed by atoms with Crippen molar-refractivity contribution in [3.8, 4) is 0 Å². The number of rotatable bonds is 5. The zero-order chi connectivity index (χ0) is 19.7. The molecule has 1 atom stereocenters. The van der Waals surface area contributed by atoms with Gasteiger partial charge >= 0.3 is 0 Å². The Balaban J connectivity index is 1.54. The molecule has 0 bridgehead atoms. The third kappa shape index (κ3) is 3.66. The summed E-state index contributed by atoms with van der Waals surface area (Å²) in [5, 5.41) is 10.2. The van der Waals surface area contributed by atoms with Crippen LogP contribution in [0.5, 0.6) is 0 Å². The van der Waals surface area contributed by atoms with Crippen LogP contribution in [0.3, 0.4) is 0 Å². The lowest BCUT2D eigenvalue weighted by molar-refractivity contribution is 0.0269. The number of nitrogens with zero attached hydrogens (tertiary/aromatic N) is 3. The molecule has 1 aliphatic rings. The van der Waals surface area contributed by atoms with Crippen LogP contribution in [0, 0.1) is 17.0 Å². The van der Waals surface area contributed by atoms with Crippen molar-refractivity contribution in [1.82, 2.24) is 14.5 Å². The van der Waals surface area contributed by atoms with Gasteiger partial charge in [0, 0.05) is 25.1 Å². The van der Waals surface area contributed by atoms with Gasteiger partial charge in [-0.1, -0.05) is 18.2 Å². The molecule has 0 aliphatic carbocycles. The summed E-state index contributed by atoms with van der Waals surface area (Å²) in [6.45, 7) is 2.22. The van der Waals surface area contributed by atoms with Crippen LogP contribution in [0.1, 0.15) is 24.2 Å². The highest BCUT2D eigenvalue weighted by Gasteiger charge is 2.36. The molecular weight excluding hydrogens is 360 g/mol. The van der Waals surface area contributed by atoms with Crippen molar-refractivity contribution in [2.24, 2.45) is 12.5 Å². The number of para-hydroxylation sites is 2. The first-order chi connectivity index (χ1) is 13.5. The Bertz CT molecular complexity index is 987. The highest BCUT2D eigenvalue weighted by atomic mass is 19.1. The van der Waals surface area contributed by atoms with Crippen molar-refractivity contribution in [1.29, 1.82) is 0 Å². The number of hydrogen-bond acceptors (Lipinski definition) is 3. The lowest BCUT2D eigenvalue weighted by atomic mass is 9.75. The zero-order valence-electron chi connectivity index (χ0n) is 16.0. The van der Waals surface area contributed by atoms with Crippen molar-refractivity contribution in [2.75, 3.05) is 19.7 Å². The highest BCUT2D eigenvalue weighted by Crippen LogP contribution is 2.35. The Labute approximate surface area is 163 Å². The lowest BCUT2D eigenvalue weighted by Crippen LogP contribution is -2.46. The Hall–Kier alpha value is -2.31. The smallest absolute Gasteiger partial charge is 0.129 e. The van der Waals surface area contributed by atoms with E-state index in [1.807, 2.05) is 25.2 Å². The minimum atomic E-state index is -0.577. The molecule has 3 aromatic rings. The van der Waals surface area contributed by atoms with Gasteiger partial charge in [0.15, 0.2) is 0 Å². The number of piperidine rings is 1. The van der Waals surface area contributed by atoms with Crippen molar-refractivity contribution >= 4 is 11.0 Å². The summed E-state index contributed by atoms with van der Waals surface area (Å²) in [7, 11) is 2.02. The monoisotopic (exact) mass is 385 g/mol. The maximum absolute atomic E-state index is 14.2. The van der Waals surface area contributed by atoms with E-state index in [-0.39, 0.29) is 6.61 Å². The van der Waals surface area contributed by atoms with E-state index in [2.05, 4.69) is 15.5 Å². The molecule has 1 N–H and O–H groups in total. The SMILES string of the molecule is Cn1c(CN2CCC[C@@](CO)(Cc3ccc(F)cc3F)C2)nc2ccccc21. The molecule has 4 rings (SSSR count). The molecule has 6 heteroatoms. The van der Waals surface area contributed by atoms with Crippen molar-refractivity contribution < 1.29 is 13.9 Å². The average Bonchev–Trinajstić information content (AvgIpc) is 3.00. The summed E-state index contributed by atoms with van der Waals surface area (Å²) in [6.07, 6.45) is 2.14. The molecule has 0 radical (unpaired) electrons. The van der Waals surface area contributed by atoms with Crippen molar-refractivity contribution in [3.63, 3.8) is 0 Å². The molecular formula is C22H25F2N3O. The second kappa shape index (κ2) is 7.60. The van der Waals surface area contributed by atoms with Gasteiger partial charge in [0.25, 0.3) is 0 Å². The lowest BCUT2D eigenvalue weighted by Gasteiger charge is -2.42. The third-order valence-corrected chi connectivity index (χ3v) is 5.90. The van der Waals surface area contributed by atoms with Gasteiger partial charge in [-0.25, -0.2) is 13.8 Å². The van der Waals surface area contributed by atoms with E-state index in [0.717, 1.165) is 42.3 Å². The number of imidazole rings is 1. The van der Waals surface area contributed by atoms with Gasteiger partial charge in [0.2, 0.25) is 0 Å². The van der Waals surface area contributed by atoms with Crippen molar-refractivity contribution in [3.05, 3.63) is 65.5 Å². The predicted molar refractivity (Wildman–Crippen MR) is 105 cm³/mol. The van der Waals surface area contributed by atoms with Crippen LogP contribution >= 0.6 is 0 Å². The third-order valence-electron chi connectivity index (χ3n) is 5.90. The summed E-state index contributed by atoms with van der Waals surface area (Å²) in [5.41, 5.74) is 2.09. The number of hydrogen-bond donors (Lipinski definition) is 1. The highest BCUT2D eigenvalue weighted by molar-refractivity contribution is 5.75. The Morgan fingerprint density at radius 2 is 2.00 bits per heavy atom. The molecule has 1 saturated heterocycles. The number of aryl methyl sites for hydroxylation is 1. The van der Waals surface area contributed by atoms with Gasteiger partial charge in [0.05, 0.1) is 24.2 Å². The van der Waals surface area contributed by atoms with E-state index in [1.165, 1.54) is 12.1 Å². The largest absolute Gasteiger partial charge is 0.396 e. The second-order valence-electron chi connectivity index (χ2n) is 7.96. The van der Waals surface area contributed by atoms with Crippen LogP contribution in [-0.2, 0) is 20.0 Å². The van der Waals surface area contributed by atoms with Gasteiger partial charge in [-0.15, -0.1) is 0 Å². The fourth-order valence-corrected chi connectivity index (χ4v) is 4.38. The van der Waals surface area contributed by atoms with Crippen LogP contribution < -0.4 is 0 Å². The van der Waals surface area contributed by atoms with Crippen LogP contribution in [0.15, 0.2) is 42.5 Å². The van der Waals surface area contributed by atoms with Gasteiger partial charge < -0.3 is 9.67 Å². The molecule has 0 amide bonds. The number of likely N-dealkylation sites (tertiary alicyclic amines) is 1. The van der Waals surface area contributed by atoms with E-state index in [0.29, 0.717) is 25.1 Å². The predicted octanol–water partition coefficient (Wildman–Crippen LogP) is 3.67. The molecule has 28 heavy (non-hydrogen) atoms. The first-order valence-corrected chi connectivity index (χ1v) is 9.67.